The highest BCUT2D eigenvalue weighted by atomic mass is 16.5. The number of aromatic nitrogens is 1. The Morgan fingerprint density at radius 2 is 2.00 bits per heavy atom. The third kappa shape index (κ3) is 5.60. The van der Waals surface area contributed by atoms with Crippen LogP contribution in [0.4, 0.5) is 5.69 Å². The zero-order valence-electron chi connectivity index (χ0n) is 16.3. The third-order valence-electron chi connectivity index (χ3n) is 4.67. The fourth-order valence-electron chi connectivity index (χ4n) is 3.07. The molecule has 3 N–H and O–H groups in total. The number of likely N-dealkylation sites (N-methyl/N-ethyl adjacent to an activating group) is 1. The van der Waals surface area contributed by atoms with Crippen LogP contribution in [-0.2, 0) is 9.47 Å². The SMILES string of the molecule is CNCCOC(=O)c1ccc(NC(=O)c2ccc[n+]([C@H]3CC[C@@H](CO)O3)c2)cc1. The number of benzene rings is 1. The van der Waals surface area contributed by atoms with E-state index in [2.05, 4.69) is 10.6 Å². The van der Waals surface area contributed by atoms with E-state index >= 15 is 0 Å². The molecule has 0 saturated carbocycles. The zero-order valence-corrected chi connectivity index (χ0v) is 16.3. The van der Waals surface area contributed by atoms with E-state index in [0.717, 1.165) is 12.8 Å². The minimum atomic E-state index is -0.403. The summed E-state index contributed by atoms with van der Waals surface area (Å²) in [6.45, 7) is 0.880. The number of hydrogen-bond acceptors (Lipinski definition) is 6. The summed E-state index contributed by atoms with van der Waals surface area (Å²) in [5.74, 6) is -0.666. The van der Waals surface area contributed by atoms with Crippen molar-refractivity contribution in [2.24, 2.45) is 0 Å². The molecule has 1 fully saturated rings. The quantitative estimate of drug-likeness (QED) is 0.351. The third-order valence-corrected chi connectivity index (χ3v) is 4.67. The molecule has 1 aliphatic heterocycles. The second-order valence-electron chi connectivity index (χ2n) is 6.78. The van der Waals surface area contributed by atoms with Gasteiger partial charge in [0.15, 0.2) is 12.4 Å². The number of esters is 1. The maximum Gasteiger partial charge on any atom is 0.338 e. The molecule has 0 spiro atoms. The minimum absolute atomic E-state index is 0.00370. The van der Waals surface area contributed by atoms with E-state index in [4.69, 9.17) is 9.47 Å². The van der Waals surface area contributed by atoms with Crippen molar-refractivity contribution in [3.8, 4) is 0 Å². The Morgan fingerprint density at radius 3 is 2.69 bits per heavy atom. The van der Waals surface area contributed by atoms with Crippen molar-refractivity contribution in [2.75, 3.05) is 32.1 Å². The molecule has 1 aromatic heterocycles. The molecule has 2 heterocycles. The predicted octanol–water partition coefficient (Wildman–Crippen LogP) is 1.27. The van der Waals surface area contributed by atoms with Crippen LogP contribution >= 0.6 is 0 Å². The van der Waals surface area contributed by atoms with Crippen molar-refractivity contribution in [2.45, 2.75) is 25.2 Å². The number of aliphatic hydroxyl groups is 1. The van der Waals surface area contributed by atoms with Crippen molar-refractivity contribution in [1.29, 1.82) is 0 Å². The Labute approximate surface area is 169 Å². The Hall–Kier alpha value is -2.81. The van der Waals surface area contributed by atoms with Crippen LogP contribution in [0.3, 0.4) is 0 Å². The monoisotopic (exact) mass is 400 g/mol. The normalized spacial score (nSPS) is 18.4. The van der Waals surface area contributed by atoms with Gasteiger partial charge in [0, 0.05) is 24.7 Å². The summed E-state index contributed by atoms with van der Waals surface area (Å²) in [6, 6.07) is 10.1. The Kier molecular flexibility index (Phi) is 7.29. The number of carbonyl (C=O) groups excluding carboxylic acids is 2. The molecule has 1 amide bonds. The van der Waals surface area contributed by atoms with Crippen molar-refractivity contribution in [3.05, 3.63) is 59.9 Å². The first kappa shape index (κ1) is 20.9. The van der Waals surface area contributed by atoms with Gasteiger partial charge in [-0.15, -0.1) is 0 Å². The Morgan fingerprint density at radius 1 is 1.21 bits per heavy atom. The van der Waals surface area contributed by atoms with Crippen LogP contribution in [-0.4, -0.2) is 49.9 Å². The lowest BCUT2D eigenvalue weighted by Crippen LogP contribution is -2.40. The molecule has 8 nitrogen and oxygen atoms in total. The van der Waals surface area contributed by atoms with Gasteiger partial charge in [-0.1, -0.05) is 0 Å². The van der Waals surface area contributed by atoms with Gasteiger partial charge in [0.25, 0.3) is 12.1 Å². The van der Waals surface area contributed by atoms with Gasteiger partial charge in [-0.25, -0.2) is 4.79 Å². The van der Waals surface area contributed by atoms with Gasteiger partial charge in [0.1, 0.15) is 12.2 Å². The van der Waals surface area contributed by atoms with E-state index in [-0.39, 0.29) is 24.8 Å². The van der Waals surface area contributed by atoms with Gasteiger partial charge in [-0.2, -0.15) is 4.57 Å². The first-order chi connectivity index (χ1) is 14.1. The average molecular weight is 400 g/mol. The molecule has 1 saturated heterocycles. The van der Waals surface area contributed by atoms with Crippen molar-refractivity contribution >= 4 is 17.6 Å². The van der Waals surface area contributed by atoms with E-state index in [1.165, 1.54) is 0 Å². The summed E-state index contributed by atoms with van der Waals surface area (Å²) in [4.78, 5) is 24.5. The fraction of sp³-hybridized carbons (Fsp3) is 0.381. The summed E-state index contributed by atoms with van der Waals surface area (Å²) in [6.07, 6.45) is 4.80. The van der Waals surface area contributed by atoms with Gasteiger partial charge in [0.2, 0.25) is 0 Å². The van der Waals surface area contributed by atoms with Crippen LogP contribution in [0.15, 0.2) is 48.8 Å². The summed E-state index contributed by atoms with van der Waals surface area (Å²) >= 11 is 0. The largest absolute Gasteiger partial charge is 0.461 e. The van der Waals surface area contributed by atoms with E-state index in [1.807, 2.05) is 10.8 Å². The lowest BCUT2D eigenvalue weighted by Gasteiger charge is -2.09. The predicted molar refractivity (Wildman–Crippen MR) is 105 cm³/mol. The van der Waals surface area contributed by atoms with Crippen LogP contribution < -0.4 is 15.2 Å². The van der Waals surface area contributed by atoms with E-state index < -0.39 is 5.97 Å². The number of nitrogens with zero attached hydrogens (tertiary/aromatic N) is 1. The first-order valence-electron chi connectivity index (χ1n) is 9.61. The number of hydrogen-bond donors (Lipinski definition) is 3. The number of rotatable bonds is 8. The number of carbonyl (C=O) groups is 2. The number of aliphatic hydroxyl groups excluding tert-OH is 1. The lowest BCUT2D eigenvalue weighted by molar-refractivity contribution is -0.759. The Bertz CT molecular complexity index is 840. The summed E-state index contributed by atoms with van der Waals surface area (Å²) in [5.41, 5.74) is 1.49. The maximum absolute atomic E-state index is 12.6. The van der Waals surface area contributed by atoms with E-state index in [1.54, 1.807) is 49.6 Å². The van der Waals surface area contributed by atoms with Crippen LogP contribution in [0.5, 0.6) is 0 Å². The number of pyridine rings is 1. The second-order valence-corrected chi connectivity index (χ2v) is 6.78. The smallest absolute Gasteiger partial charge is 0.338 e. The summed E-state index contributed by atoms with van der Waals surface area (Å²) < 4.78 is 12.7. The molecule has 0 radical (unpaired) electrons. The topological polar surface area (TPSA) is 101 Å². The van der Waals surface area contributed by atoms with E-state index in [0.29, 0.717) is 30.0 Å². The van der Waals surface area contributed by atoms with Gasteiger partial charge < -0.3 is 25.2 Å². The molecule has 8 heteroatoms. The zero-order chi connectivity index (χ0) is 20.6. The van der Waals surface area contributed by atoms with E-state index in [9.17, 15) is 14.7 Å². The molecule has 29 heavy (non-hydrogen) atoms. The average Bonchev–Trinajstić information content (AvgIpc) is 3.24. The second kappa shape index (κ2) is 10.1. The maximum atomic E-state index is 12.6. The molecule has 0 bridgehead atoms. The molecular formula is C21H26N3O5+. The summed E-state index contributed by atoms with van der Waals surface area (Å²) in [7, 11) is 1.78. The minimum Gasteiger partial charge on any atom is -0.461 e. The molecule has 2 aromatic rings. The highest BCUT2D eigenvalue weighted by molar-refractivity contribution is 6.04. The van der Waals surface area contributed by atoms with Crippen molar-refractivity contribution in [1.82, 2.24) is 5.32 Å². The van der Waals surface area contributed by atoms with Crippen LogP contribution in [0.2, 0.25) is 0 Å². The number of ether oxygens (including phenoxy) is 2. The standard InChI is InChI=1S/C21H25N3O5/c1-22-10-12-28-21(27)15-4-6-17(7-5-15)23-20(26)16-3-2-11-24(13-16)19-9-8-18(14-25)29-19/h2-7,11,13,18-19,22,25H,8-10,12,14H2,1H3/p+1/t18-,19+/m0/s1. The summed E-state index contributed by atoms with van der Waals surface area (Å²) in [5, 5.41) is 14.9. The van der Waals surface area contributed by atoms with Crippen molar-refractivity contribution in [3.63, 3.8) is 0 Å². The highest BCUT2D eigenvalue weighted by Crippen LogP contribution is 2.23. The van der Waals surface area contributed by atoms with Gasteiger partial charge in [-0.3, -0.25) is 4.79 Å². The fourth-order valence-corrected chi connectivity index (χ4v) is 3.07. The van der Waals surface area contributed by atoms with Crippen LogP contribution in [0.25, 0.3) is 0 Å². The Balaban J connectivity index is 1.60. The van der Waals surface area contributed by atoms with Gasteiger partial charge in [-0.05, 0) is 43.8 Å². The highest BCUT2D eigenvalue weighted by Gasteiger charge is 2.31. The van der Waals surface area contributed by atoms with Gasteiger partial charge in [0.05, 0.1) is 18.3 Å². The molecule has 154 valence electrons. The molecule has 1 aliphatic rings. The number of nitrogens with one attached hydrogen (secondary N) is 2. The first-order valence-corrected chi connectivity index (χ1v) is 9.61. The number of anilines is 1. The van der Waals surface area contributed by atoms with Crippen molar-refractivity contribution < 1.29 is 28.7 Å². The van der Waals surface area contributed by atoms with Crippen LogP contribution in [0, 0.1) is 0 Å². The molecule has 0 unspecified atom stereocenters. The molecule has 3 rings (SSSR count). The molecule has 0 aliphatic carbocycles. The molecular weight excluding hydrogens is 374 g/mol. The lowest BCUT2D eigenvalue weighted by atomic mass is 10.2. The number of amides is 1. The molecule has 2 atom stereocenters. The van der Waals surface area contributed by atoms with Gasteiger partial charge >= 0.3 is 5.97 Å². The molecule has 1 aromatic carbocycles. The van der Waals surface area contributed by atoms with Crippen LogP contribution in [0.1, 0.15) is 39.8 Å².